The Labute approximate surface area is 132 Å². The minimum absolute atomic E-state index is 0.0788. The highest BCUT2D eigenvalue weighted by Gasteiger charge is 2.61. The molecule has 3 saturated carbocycles. The second kappa shape index (κ2) is 4.46. The van der Waals surface area contributed by atoms with E-state index in [0.717, 1.165) is 38.5 Å². The average Bonchev–Trinajstić information content (AvgIpc) is 2.77. The van der Waals surface area contributed by atoms with E-state index >= 15 is 0 Å². The van der Waals surface area contributed by atoms with E-state index in [2.05, 4.69) is 13.8 Å². The summed E-state index contributed by atoms with van der Waals surface area (Å²) in [4.78, 5) is 24.2. The van der Waals surface area contributed by atoms with Crippen LogP contribution in [0.3, 0.4) is 0 Å². The lowest BCUT2D eigenvalue weighted by Gasteiger charge is -2.58. The van der Waals surface area contributed by atoms with Crippen molar-refractivity contribution in [3.63, 3.8) is 0 Å². The first kappa shape index (κ1) is 14.5. The van der Waals surface area contributed by atoms with Crippen LogP contribution in [-0.4, -0.2) is 16.7 Å². The predicted molar refractivity (Wildman–Crippen MR) is 83.2 cm³/mol. The van der Waals surface area contributed by atoms with E-state index in [-0.39, 0.29) is 22.5 Å². The van der Waals surface area contributed by atoms with Crippen LogP contribution in [0.25, 0.3) is 0 Å². The highest BCUT2D eigenvalue weighted by molar-refractivity contribution is 5.91. The molecular weight excluding hydrogens is 276 g/mol. The van der Waals surface area contributed by atoms with E-state index in [4.69, 9.17) is 0 Å². The molecule has 3 nitrogen and oxygen atoms in total. The maximum absolute atomic E-state index is 12.4. The second-order valence-corrected chi connectivity index (χ2v) is 8.55. The molecule has 0 saturated heterocycles. The Morgan fingerprint density at radius 3 is 2.64 bits per heavy atom. The zero-order valence-corrected chi connectivity index (χ0v) is 13.6. The van der Waals surface area contributed by atoms with Crippen molar-refractivity contribution in [3.8, 4) is 0 Å². The van der Waals surface area contributed by atoms with Crippen LogP contribution in [0.1, 0.15) is 58.8 Å². The molecule has 0 radical (unpaired) electrons. The molecule has 1 unspecified atom stereocenters. The number of fused-ring (bicyclic) bond motifs is 5. The molecule has 3 heteroatoms. The average molecular weight is 302 g/mol. The first-order valence-electron chi connectivity index (χ1n) is 8.84. The van der Waals surface area contributed by atoms with Gasteiger partial charge in [-0.3, -0.25) is 9.59 Å². The number of Topliss-reactive ketones (excluding diaryl/α,β-unsaturated/α-hetero) is 1. The number of aliphatic hydroxyl groups is 1. The molecule has 120 valence electrons. The fourth-order valence-electron chi connectivity index (χ4n) is 6.52. The van der Waals surface area contributed by atoms with Crippen molar-refractivity contribution in [3.05, 3.63) is 11.8 Å². The van der Waals surface area contributed by atoms with E-state index in [0.29, 0.717) is 35.7 Å². The number of hydrogen-bond acceptors (Lipinski definition) is 3. The Bertz CT molecular complexity index is 577. The van der Waals surface area contributed by atoms with Crippen LogP contribution in [-0.2, 0) is 9.59 Å². The van der Waals surface area contributed by atoms with Crippen molar-refractivity contribution in [2.24, 2.45) is 34.5 Å². The number of ketones is 2. The van der Waals surface area contributed by atoms with Gasteiger partial charge in [0.05, 0.1) is 0 Å². The summed E-state index contributed by atoms with van der Waals surface area (Å²) in [5, 5.41) is 10.6. The fourth-order valence-corrected chi connectivity index (χ4v) is 6.52. The van der Waals surface area contributed by atoms with Gasteiger partial charge in [-0.25, -0.2) is 0 Å². The standard InChI is InChI=1S/C19H26O3/c1-18-8-7-15-13(14(18)5-6-16(18)21)4-3-11-9-12(20)10-17(22)19(11,15)2/h10-11,13-15,22H,3-9H2,1-2H3/t11?,13-,14-,15-,18-,19-/m0/s1. The van der Waals surface area contributed by atoms with Gasteiger partial charge in [-0.05, 0) is 55.8 Å². The molecule has 1 N–H and O–H groups in total. The summed E-state index contributed by atoms with van der Waals surface area (Å²) < 4.78 is 0. The van der Waals surface area contributed by atoms with Gasteiger partial charge in [0.15, 0.2) is 5.78 Å². The zero-order chi connectivity index (χ0) is 15.7. The van der Waals surface area contributed by atoms with Crippen LogP contribution in [0.2, 0.25) is 0 Å². The topological polar surface area (TPSA) is 54.4 Å². The van der Waals surface area contributed by atoms with Crippen LogP contribution in [0.5, 0.6) is 0 Å². The van der Waals surface area contributed by atoms with Crippen LogP contribution in [0, 0.1) is 34.5 Å². The second-order valence-electron chi connectivity index (χ2n) is 8.55. The van der Waals surface area contributed by atoms with Gasteiger partial charge in [0.25, 0.3) is 0 Å². The van der Waals surface area contributed by atoms with Gasteiger partial charge in [-0.1, -0.05) is 13.8 Å². The number of aliphatic hydroxyl groups excluding tert-OH is 1. The van der Waals surface area contributed by atoms with Gasteiger partial charge in [0, 0.05) is 29.7 Å². The molecule has 0 heterocycles. The Balaban J connectivity index is 1.73. The predicted octanol–water partition coefficient (Wildman–Crippen LogP) is 3.83. The van der Waals surface area contributed by atoms with Crippen LogP contribution in [0.4, 0.5) is 0 Å². The van der Waals surface area contributed by atoms with Gasteiger partial charge in [0.1, 0.15) is 11.5 Å². The molecule has 0 bridgehead atoms. The smallest absolute Gasteiger partial charge is 0.159 e. The third kappa shape index (κ3) is 1.63. The van der Waals surface area contributed by atoms with Crippen molar-refractivity contribution >= 4 is 11.6 Å². The van der Waals surface area contributed by atoms with Crippen molar-refractivity contribution in [1.82, 2.24) is 0 Å². The van der Waals surface area contributed by atoms with Crippen LogP contribution in [0.15, 0.2) is 11.8 Å². The van der Waals surface area contributed by atoms with Crippen LogP contribution >= 0.6 is 0 Å². The monoisotopic (exact) mass is 302 g/mol. The van der Waals surface area contributed by atoms with Gasteiger partial charge in [-0.2, -0.15) is 0 Å². The fraction of sp³-hybridized carbons (Fsp3) is 0.789. The van der Waals surface area contributed by atoms with Gasteiger partial charge >= 0.3 is 0 Å². The third-order valence-corrected chi connectivity index (χ3v) is 7.91. The van der Waals surface area contributed by atoms with Crippen molar-refractivity contribution in [2.45, 2.75) is 58.8 Å². The summed E-state index contributed by atoms with van der Waals surface area (Å²) in [6.07, 6.45) is 7.95. The van der Waals surface area contributed by atoms with E-state index < -0.39 is 0 Å². The van der Waals surface area contributed by atoms with E-state index in [9.17, 15) is 14.7 Å². The molecule has 4 rings (SSSR count). The molecule has 4 aliphatic carbocycles. The molecule has 0 aromatic carbocycles. The molecule has 0 amide bonds. The molecular formula is C19H26O3. The van der Waals surface area contributed by atoms with Crippen molar-refractivity contribution in [1.29, 1.82) is 0 Å². The normalized spacial score (nSPS) is 50.9. The molecule has 0 aliphatic heterocycles. The number of carbonyl (C=O) groups excluding carboxylic acids is 2. The number of rotatable bonds is 0. The molecule has 4 aliphatic rings. The zero-order valence-electron chi connectivity index (χ0n) is 13.6. The summed E-state index contributed by atoms with van der Waals surface area (Å²) in [5.41, 5.74) is -0.363. The number of hydrogen-bond donors (Lipinski definition) is 1. The minimum atomic E-state index is -0.246. The number of allylic oxidation sites excluding steroid dienone is 2. The quantitative estimate of drug-likeness (QED) is 0.740. The first-order valence-corrected chi connectivity index (χ1v) is 8.84. The summed E-state index contributed by atoms with van der Waals surface area (Å²) in [6.45, 7) is 4.35. The summed E-state index contributed by atoms with van der Waals surface area (Å²) in [7, 11) is 0. The molecule has 22 heavy (non-hydrogen) atoms. The largest absolute Gasteiger partial charge is 0.512 e. The van der Waals surface area contributed by atoms with Gasteiger partial charge in [-0.15, -0.1) is 0 Å². The molecule has 0 aromatic rings. The number of carbonyl (C=O) groups is 2. The van der Waals surface area contributed by atoms with Gasteiger partial charge in [0.2, 0.25) is 0 Å². The third-order valence-electron chi connectivity index (χ3n) is 7.91. The summed E-state index contributed by atoms with van der Waals surface area (Å²) in [6, 6.07) is 0. The summed E-state index contributed by atoms with van der Waals surface area (Å²) in [5.74, 6) is 2.60. The van der Waals surface area contributed by atoms with E-state index in [1.165, 1.54) is 6.08 Å². The molecule has 6 atom stereocenters. The Morgan fingerprint density at radius 1 is 1.09 bits per heavy atom. The van der Waals surface area contributed by atoms with Crippen molar-refractivity contribution in [2.75, 3.05) is 0 Å². The Morgan fingerprint density at radius 2 is 1.86 bits per heavy atom. The lowest BCUT2D eigenvalue weighted by molar-refractivity contribution is -0.138. The first-order chi connectivity index (χ1) is 10.4. The molecule has 0 aromatic heterocycles. The van der Waals surface area contributed by atoms with E-state index in [1.807, 2.05) is 0 Å². The van der Waals surface area contributed by atoms with Crippen LogP contribution < -0.4 is 0 Å². The van der Waals surface area contributed by atoms with Gasteiger partial charge < -0.3 is 5.11 Å². The maximum Gasteiger partial charge on any atom is 0.159 e. The molecule has 3 fully saturated rings. The van der Waals surface area contributed by atoms with E-state index in [1.54, 1.807) is 0 Å². The highest BCUT2D eigenvalue weighted by atomic mass is 16.3. The summed E-state index contributed by atoms with van der Waals surface area (Å²) >= 11 is 0. The molecule has 0 spiro atoms. The Kier molecular flexibility index (Phi) is 2.93. The lowest BCUT2D eigenvalue weighted by atomic mass is 9.46. The van der Waals surface area contributed by atoms with Crippen molar-refractivity contribution < 1.29 is 14.7 Å². The Hall–Kier alpha value is -1.12. The lowest BCUT2D eigenvalue weighted by Crippen LogP contribution is -2.54. The maximum atomic E-state index is 12.4. The highest BCUT2D eigenvalue weighted by Crippen LogP contribution is 2.65. The minimum Gasteiger partial charge on any atom is -0.512 e. The SMILES string of the molecule is C[C@]12C(O)=CC(=O)CC1CC[C@@H]1[C@@H]2CC[C@]2(C)C(=O)CC[C@@H]12.